The van der Waals surface area contributed by atoms with Crippen LogP contribution in [-0.4, -0.2) is 48.6 Å². The van der Waals surface area contributed by atoms with E-state index in [1.54, 1.807) is 55.6 Å². The number of halogens is 2. The maximum atomic E-state index is 13.1. The average molecular weight is 536 g/mol. The maximum Gasteiger partial charge on any atom is 0.387 e. The average Bonchev–Trinajstić information content (AvgIpc) is 2.84. The summed E-state index contributed by atoms with van der Waals surface area (Å²) in [6.07, 6.45) is -0.675. The van der Waals surface area contributed by atoms with E-state index >= 15 is 0 Å². The fourth-order valence-corrected chi connectivity index (χ4v) is 4.76. The van der Waals surface area contributed by atoms with Gasteiger partial charge in [0.15, 0.2) is 0 Å². The zero-order chi connectivity index (χ0) is 26.4. The normalized spacial score (nSPS) is 14.6. The summed E-state index contributed by atoms with van der Waals surface area (Å²) >= 11 is 0. The van der Waals surface area contributed by atoms with Crippen LogP contribution >= 0.6 is 0 Å². The summed E-state index contributed by atoms with van der Waals surface area (Å²) in [4.78, 5) is 0. The molecule has 0 radical (unpaired) electrons. The van der Waals surface area contributed by atoms with E-state index in [-0.39, 0.29) is 11.5 Å². The van der Waals surface area contributed by atoms with E-state index < -0.39 is 22.7 Å². The lowest BCUT2D eigenvalue weighted by molar-refractivity contribution is -0.0496. The lowest BCUT2D eigenvalue weighted by Gasteiger charge is -2.31. The number of sulfonamides is 1. The third-order valence-electron chi connectivity index (χ3n) is 5.57. The number of rotatable bonds is 12. The minimum absolute atomic E-state index is 0.0445. The summed E-state index contributed by atoms with van der Waals surface area (Å²) in [6, 6.07) is 16.8. The highest BCUT2D eigenvalue weighted by Crippen LogP contribution is 2.49. The second-order valence-electron chi connectivity index (χ2n) is 8.26. The van der Waals surface area contributed by atoms with Crippen molar-refractivity contribution in [2.24, 2.45) is 5.14 Å². The molecule has 0 aromatic heterocycles. The van der Waals surface area contributed by atoms with E-state index in [4.69, 9.17) is 28.8 Å². The summed E-state index contributed by atoms with van der Waals surface area (Å²) in [7, 11) is -2.20. The Morgan fingerprint density at radius 3 is 2.54 bits per heavy atom. The van der Waals surface area contributed by atoms with Gasteiger partial charge in [0.05, 0.1) is 31.1 Å². The highest BCUT2D eigenvalue weighted by molar-refractivity contribution is 7.88. The Hall–Kier alpha value is -3.25. The van der Waals surface area contributed by atoms with Crippen molar-refractivity contribution < 1.29 is 40.9 Å². The molecule has 1 heterocycles. The molecule has 11 heteroatoms. The third-order valence-corrected chi connectivity index (χ3v) is 6.31. The van der Waals surface area contributed by atoms with Crippen LogP contribution in [0.5, 0.6) is 17.2 Å². The van der Waals surface area contributed by atoms with Gasteiger partial charge in [0.1, 0.15) is 30.0 Å². The molecule has 1 aliphatic rings. The van der Waals surface area contributed by atoms with Crippen molar-refractivity contribution >= 4 is 10.0 Å². The molecular formula is C26H27F2NO7S. The molecule has 0 spiro atoms. The van der Waals surface area contributed by atoms with Crippen LogP contribution in [0.15, 0.2) is 60.7 Å². The number of nitrogens with two attached hydrogens (primary N) is 1. The molecular weight excluding hydrogens is 508 g/mol. The van der Waals surface area contributed by atoms with Gasteiger partial charge in [-0.1, -0.05) is 36.4 Å². The lowest BCUT2D eigenvalue weighted by Crippen LogP contribution is -2.18. The standard InChI is InChI=1S/C26H27F2NO7S/c1-32-10-11-33-12-13-34-19-5-2-4-18(15-19)25-21-14-17(16-37(29,30)31)8-9-20(21)24-22(35-25)6-3-7-23(24)36-26(27)28/h2-9,14-15,25-26H,10-13,16H2,1H3,(H2,29,30,31). The predicted molar refractivity (Wildman–Crippen MR) is 132 cm³/mol. The molecule has 8 nitrogen and oxygen atoms in total. The number of benzene rings is 3. The Morgan fingerprint density at radius 2 is 1.78 bits per heavy atom. The van der Waals surface area contributed by atoms with Gasteiger partial charge in [-0.15, -0.1) is 0 Å². The zero-order valence-electron chi connectivity index (χ0n) is 20.1. The summed E-state index contributed by atoms with van der Waals surface area (Å²) in [5, 5.41) is 5.25. The number of fused-ring (bicyclic) bond motifs is 3. The third kappa shape index (κ3) is 6.95. The number of hydrogen-bond donors (Lipinski definition) is 1. The smallest absolute Gasteiger partial charge is 0.387 e. The fraction of sp³-hybridized carbons (Fsp3) is 0.308. The van der Waals surface area contributed by atoms with Gasteiger partial charge in [-0.05, 0) is 35.4 Å². The van der Waals surface area contributed by atoms with Gasteiger partial charge in [0.2, 0.25) is 10.0 Å². The first kappa shape index (κ1) is 26.8. The van der Waals surface area contributed by atoms with E-state index in [1.165, 1.54) is 6.07 Å². The van der Waals surface area contributed by atoms with Crippen LogP contribution in [0.3, 0.4) is 0 Å². The molecule has 0 bridgehead atoms. The molecule has 37 heavy (non-hydrogen) atoms. The molecule has 1 atom stereocenters. The Morgan fingerprint density at radius 1 is 1.00 bits per heavy atom. The van der Waals surface area contributed by atoms with E-state index in [0.29, 0.717) is 60.2 Å². The molecule has 0 saturated carbocycles. The Labute approximate surface area is 213 Å². The minimum atomic E-state index is -3.80. The Bertz CT molecular complexity index is 1330. The van der Waals surface area contributed by atoms with Crippen molar-refractivity contribution in [1.29, 1.82) is 0 Å². The molecule has 2 N–H and O–H groups in total. The molecule has 3 aromatic rings. The van der Waals surface area contributed by atoms with Crippen LogP contribution in [0.25, 0.3) is 11.1 Å². The van der Waals surface area contributed by atoms with Crippen molar-refractivity contribution in [2.45, 2.75) is 18.5 Å². The van der Waals surface area contributed by atoms with Gasteiger partial charge in [0, 0.05) is 18.2 Å². The summed E-state index contributed by atoms with van der Waals surface area (Å²) < 4.78 is 76.9. The molecule has 4 rings (SSSR count). The molecule has 3 aromatic carbocycles. The first-order valence-corrected chi connectivity index (χ1v) is 13.1. The Balaban J connectivity index is 1.69. The molecule has 0 amide bonds. The molecule has 198 valence electrons. The largest absolute Gasteiger partial charge is 0.491 e. The highest BCUT2D eigenvalue weighted by atomic mass is 32.2. The van der Waals surface area contributed by atoms with Crippen LogP contribution in [-0.2, 0) is 25.2 Å². The predicted octanol–water partition coefficient (Wildman–Crippen LogP) is 4.27. The minimum Gasteiger partial charge on any atom is -0.491 e. The summed E-state index contributed by atoms with van der Waals surface area (Å²) in [6.45, 7) is -1.36. The fourth-order valence-electron chi connectivity index (χ4n) is 4.12. The topological polar surface area (TPSA) is 106 Å². The molecule has 0 aliphatic carbocycles. The van der Waals surface area contributed by atoms with E-state index in [1.807, 2.05) is 6.07 Å². The maximum absolute atomic E-state index is 13.1. The van der Waals surface area contributed by atoms with Crippen LogP contribution in [0, 0.1) is 0 Å². The van der Waals surface area contributed by atoms with Crippen molar-refractivity contribution in [3.05, 3.63) is 77.4 Å². The molecule has 1 unspecified atom stereocenters. The van der Waals surface area contributed by atoms with Crippen LogP contribution in [0.1, 0.15) is 22.8 Å². The first-order chi connectivity index (χ1) is 17.7. The Kier molecular flexibility index (Phi) is 8.59. The second kappa shape index (κ2) is 11.9. The van der Waals surface area contributed by atoms with Crippen LogP contribution < -0.4 is 19.3 Å². The van der Waals surface area contributed by atoms with Gasteiger partial charge in [-0.2, -0.15) is 8.78 Å². The number of ether oxygens (including phenoxy) is 5. The van der Waals surface area contributed by atoms with Gasteiger partial charge >= 0.3 is 6.61 Å². The van der Waals surface area contributed by atoms with Crippen molar-refractivity contribution in [3.8, 4) is 28.4 Å². The van der Waals surface area contributed by atoms with Crippen LogP contribution in [0.2, 0.25) is 0 Å². The van der Waals surface area contributed by atoms with E-state index in [2.05, 4.69) is 0 Å². The van der Waals surface area contributed by atoms with Crippen molar-refractivity contribution in [1.82, 2.24) is 0 Å². The SMILES string of the molecule is COCCOCCOc1cccc(C2Oc3cccc(OC(F)F)c3-c3ccc(CS(N)(=O)=O)cc32)c1. The zero-order valence-corrected chi connectivity index (χ0v) is 20.9. The van der Waals surface area contributed by atoms with E-state index in [0.717, 1.165) is 5.56 Å². The monoisotopic (exact) mass is 535 g/mol. The number of hydrogen-bond acceptors (Lipinski definition) is 7. The summed E-state index contributed by atoms with van der Waals surface area (Å²) in [5.41, 5.74) is 2.68. The number of primary sulfonamides is 1. The summed E-state index contributed by atoms with van der Waals surface area (Å²) in [5.74, 6) is 0.505. The number of methoxy groups -OCH3 is 1. The van der Waals surface area contributed by atoms with Crippen molar-refractivity contribution in [3.63, 3.8) is 0 Å². The molecule has 1 aliphatic heterocycles. The van der Waals surface area contributed by atoms with Crippen molar-refractivity contribution in [2.75, 3.05) is 33.5 Å². The quantitative estimate of drug-likeness (QED) is 0.345. The lowest BCUT2D eigenvalue weighted by atomic mass is 9.88. The first-order valence-electron chi connectivity index (χ1n) is 11.4. The molecule has 0 saturated heterocycles. The van der Waals surface area contributed by atoms with Gasteiger partial charge in [-0.25, -0.2) is 13.6 Å². The number of alkyl halides is 2. The van der Waals surface area contributed by atoms with E-state index in [9.17, 15) is 17.2 Å². The molecule has 0 fully saturated rings. The highest BCUT2D eigenvalue weighted by Gasteiger charge is 2.31. The van der Waals surface area contributed by atoms with Gasteiger partial charge < -0.3 is 23.7 Å². The van der Waals surface area contributed by atoms with Gasteiger partial charge in [-0.3, -0.25) is 0 Å². The van der Waals surface area contributed by atoms with Crippen LogP contribution in [0.4, 0.5) is 8.78 Å². The second-order valence-corrected chi connectivity index (χ2v) is 9.87. The van der Waals surface area contributed by atoms with Gasteiger partial charge in [0.25, 0.3) is 0 Å².